The van der Waals surface area contributed by atoms with Gasteiger partial charge in [0, 0.05) is 11.6 Å². The number of aromatic amines is 1. The van der Waals surface area contributed by atoms with Gasteiger partial charge in [0.1, 0.15) is 5.75 Å². The summed E-state index contributed by atoms with van der Waals surface area (Å²) in [4.78, 5) is 25.4. The smallest absolute Gasteiger partial charge is 0.198 e. The number of carbonyl (C=O) groups is 1. The maximum absolute atomic E-state index is 11.9. The Hall–Kier alpha value is -2.30. The fraction of sp³-hybridized carbons (Fsp3) is 0.231. The molecule has 0 aliphatic carbocycles. The van der Waals surface area contributed by atoms with Crippen molar-refractivity contribution in [1.82, 2.24) is 4.98 Å². The fourth-order valence-electron chi connectivity index (χ4n) is 1.71. The van der Waals surface area contributed by atoms with Gasteiger partial charge < -0.3 is 19.6 Å². The van der Waals surface area contributed by atoms with Crippen LogP contribution < -0.4 is 15.3 Å². The average Bonchev–Trinajstić information content (AvgIpc) is 2.36. The number of carboxylic acids is 1. The molecule has 0 aliphatic rings. The minimum absolute atomic E-state index is 0.283. The molecule has 1 heterocycles. The summed E-state index contributed by atoms with van der Waals surface area (Å²) in [6.45, 7) is 2.51. The standard InChI is InChI=1S/C13H13NO4/c1-2-6-18-10-5-3-4-8-11(10)14-7-9(12(8)15)13(16)17/h3-5,7H,2,6H2,1H3,(H,14,15)(H,16,17)/p-1. The SMILES string of the molecule is CCCOc1cccc2c(=O)c(C(=O)[O-])c[nH]c12. The number of nitrogens with one attached hydrogen (secondary N) is 1. The first kappa shape index (κ1) is 12.2. The van der Waals surface area contributed by atoms with Crippen LogP contribution in [-0.2, 0) is 0 Å². The second kappa shape index (κ2) is 4.91. The van der Waals surface area contributed by atoms with Crippen LogP contribution in [0.1, 0.15) is 23.7 Å². The van der Waals surface area contributed by atoms with Gasteiger partial charge in [-0.25, -0.2) is 0 Å². The molecule has 5 heteroatoms. The van der Waals surface area contributed by atoms with Crippen molar-refractivity contribution in [2.75, 3.05) is 6.61 Å². The number of aromatic nitrogens is 1. The molecular formula is C13H12NO4-. The highest BCUT2D eigenvalue weighted by Gasteiger charge is 2.09. The van der Waals surface area contributed by atoms with Gasteiger partial charge >= 0.3 is 0 Å². The third kappa shape index (κ3) is 2.07. The molecule has 0 amide bonds. The number of pyridine rings is 1. The van der Waals surface area contributed by atoms with E-state index >= 15 is 0 Å². The van der Waals surface area contributed by atoms with Crippen molar-refractivity contribution < 1.29 is 14.6 Å². The molecule has 1 aromatic heterocycles. The zero-order valence-electron chi connectivity index (χ0n) is 9.86. The van der Waals surface area contributed by atoms with Crippen molar-refractivity contribution in [3.05, 3.63) is 40.2 Å². The van der Waals surface area contributed by atoms with E-state index in [1.54, 1.807) is 18.2 Å². The van der Waals surface area contributed by atoms with Crippen molar-refractivity contribution in [2.24, 2.45) is 0 Å². The number of carboxylic acid groups (broad SMARTS) is 1. The Morgan fingerprint density at radius 1 is 1.44 bits per heavy atom. The van der Waals surface area contributed by atoms with Crippen molar-refractivity contribution >= 4 is 16.9 Å². The average molecular weight is 246 g/mol. The second-order valence-electron chi connectivity index (χ2n) is 3.85. The summed E-state index contributed by atoms with van der Waals surface area (Å²) in [7, 11) is 0. The van der Waals surface area contributed by atoms with E-state index in [9.17, 15) is 14.7 Å². The molecule has 0 bridgehead atoms. The summed E-state index contributed by atoms with van der Waals surface area (Å²) in [5.41, 5.74) is -0.443. The van der Waals surface area contributed by atoms with Crippen molar-refractivity contribution in [2.45, 2.75) is 13.3 Å². The number of hydrogen-bond donors (Lipinski definition) is 1. The van der Waals surface area contributed by atoms with E-state index in [0.717, 1.165) is 12.6 Å². The molecule has 5 nitrogen and oxygen atoms in total. The van der Waals surface area contributed by atoms with E-state index in [0.29, 0.717) is 17.9 Å². The molecule has 0 unspecified atom stereocenters. The van der Waals surface area contributed by atoms with Crippen LogP contribution in [0.15, 0.2) is 29.2 Å². The maximum Gasteiger partial charge on any atom is 0.198 e. The summed E-state index contributed by atoms with van der Waals surface area (Å²) in [5.74, 6) is -0.950. The Kier molecular flexibility index (Phi) is 3.32. The molecule has 2 aromatic rings. The first-order valence-electron chi connectivity index (χ1n) is 5.63. The Balaban J connectivity index is 2.63. The highest BCUT2D eigenvalue weighted by molar-refractivity contribution is 5.92. The number of hydrogen-bond acceptors (Lipinski definition) is 4. The van der Waals surface area contributed by atoms with Crippen LogP contribution in [0.5, 0.6) is 5.75 Å². The van der Waals surface area contributed by atoms with Crippen LogP contribution in [-0.4, -0.2) is 17.6 Å². The predicted molar refractivity (Wildman–Crippen MR) is 64.7 cm³/mol. The maximum atomic E-state index is 11.9. The summed E-state index contributed by atoms with van der Waals surface area (Å²) in [5, 5.41) is 11.0. The van der Waals surface area contributed by atoms with Crippen LogP contribution in [0.3, 0.4) is 0 Å². The lowest BCUT2D eigenvalue weighted by molar-refractivity contribution is -0.255. The first-order valence-corrected chi connectivity index (χ1v) is 5.63. The molecule has 94 valence electrons. The Morgan fingerprint density at radius 2 is 2.22 bits per heavy atom. The first-order chi connectivity index (χ1) is 8.65. The zero-order valence-corrected chi connectivity index (χ0v) is 9.86. The van der Waals surface area contributed by atoms with E-state index in [2.05, 4.69) is 4.98 Å². The van der Waals surface area contributed by atoms with Crippen molar-refractivity contribution in [3.8, 4) is 5.75 Å². The zero-order chi connectivity index (χ0) is 13.1. The van der Waals surface area contributed by atoms with Crippen LogP contribution in [0.25, 0.3) is 10.9 Å². The molecule has 2 rings (SSSR count). The van der Waals surface area contributed by atoms with Gasteiger partial charge in [-0.1, -0.05) is 13.0 Å². The minimum atomic E-state index is -1.49. The Labute approximate surface area is 103 Å². The molecule has 1 aromatic carbocycles. The molecule has 0 saturated carbocycles. The highest BCUT2D eigenvalue weighted by Crippen LogP contribution is 2.21. The number of benzene rings is 1. The lowest BCUT2D eigenvalue weighted by Crippen LogP contribution is -2.29. The van der Waals surface area contributed by atoms with E-state index in [1.807, 2.05) is 6.92 Å². The second-order valence-corrected chi connectivity index (χ2v) is 3.85. The lowest BCUT2D eigenvalue weighted by atomic mass is 10.1. The largest absolute Gasteiger partial charge is 0.545 e. The van der Waals surface area contributed by atoms with Crippen molar-refractivity contribution in [3.63, 3.8) is 0 Å². The number of rotatable bonds is 4. The van der Waals surface area contributed by atoms with Crippen molar-refractivity contribution in [1.29, 1.82) is 0 Å². The molecule has 0 fully saturated rings. The van der Waals surface area contributed by atoms with Gasteiger partial charge in [0.25, 0.3) is 0 Å². The Morgan fingerprint density at radius 3 is 2.89 bits per heavy atom. The van der Waals surface area contributed by atoms with E-state index < -0.39 is 11.4 Å². The third-order valence-corrected chi connectivity index (χ3v) is 2.56. The Bertz CT molecular complexity index is 645. The summed E-state index contributed by atoms with van der Waals surface area (Å²) in [6, 6.07) is 4.94. The molecule has 0 aliphatic heterocycles. The molecule has 0 spiro atoms. The number of H-pyrrole nitrogens is 1. The van der Waals surface area contributed by atoms with E-state index in [4.69, 9.17) is 4.74 Å². The highest BCUT2D eigenvalue weighted by atomic mass is 16.5. The topological polar surface area (TPSA) is 82.2 Å². The number of para-hydroxylation sites is 1. The van der Waals surface area contributed by atoms with E-state index in [1.165, 1.54) is 0 Å². The molecule has 0 atom stereocenters. The molecule has 0 radical (unpaired) electrons. The monoisotopic (exact) mass is 246 g/mol. The van der Waals surface area contributed by atoms with Crippen LogP contribution in [0, 0.1) is 0 Å². The fourth-order valence-corrected chi connectivity index (χ4v) is 1.71. The number of aromatic carboxylic acids is 1. The summed E-state index contributed by atoms with van der Waals surface area (Å²) in [6.07, 6.45) is 1.98. The van der Waals surface area contributed by atoms with Gasteiger partial charge in [-0.3, -0.25) is 4.79 Å². The molecule has 18 heavy (non-hydrogen) atoms. The normalized spacial score (nSPS) is 10.5. The lowest BCUT2D eigenvalue weighted by Gasteiger charge is -2.09. The summed E-state index contributed by atoms with van der Waals surface area (Å²) >= 11 is 0. The quantitative estimate of drug-likeness (QED) is 0.860. The van der Waals surface area contributed by atoms with Gasteiger partial charge in [0.05, 0.1) is 23.7 Å². The van der Waals surface area contributed by atoms with Crippen LogP contribution in [0.2, 0.25) is 0 Å². The molecular weight excluding hydrogens is 234 g/mol. The number of fused-ring (bicyclic) bond motifs is 1. The molecule has 1 N–H and O–H groups in total. The van der Waals surface area contributed by atoms with Gasteiger partial charge in [-0.2, -0.15) is 0 Å². The summed E-state index contributed by atoms with van der Waals surface area (Å²) < 4.78 is 5.49. The third-order valence-electron chi connectivity index (χ3n) is 2.56. The minimum Gasteiger partial charge on any atom is -0.545 e. The van der Waals surface area contributed by atoms with Gasteiger partial charge in [0.15, 0.2) is 5.43 Å². The molecule has 0 saturated heterocycles. The van der Waals surface area contributed by atoms with Crippen LogP contribution >= 0.6 is 0 Å². The van der Waals surface area contributed by atoms with Gasteiger partial charge in [-0.15, -0.1) is 0 Å². The van der Waals surface area contributed by atoms with Gasteiger partial charge in [0.2, 0.25) is 0 Å². The number of carbonyl (C=O) groups excluding carboxylic acids is 1. The van der Waals surface area contributed by atoms with Crippen LogP contribution in [0.4, 0.5) is 0 Å². The van der Waals surface area contributed by atoms with E-state index in [-0.39, 0.29) is 10.9 Å². The number of ether oxygens (including phenoxy) is 1. The van der Waals surface area contributed by atoms with Gasteiger partial charge in [-0.05, 0) is 18.6 Å². The predicted octanol–water partition coefficient (Wildman–Crippen LogP) is 0.680.